The number of carbonyl (C=O) groups is 1. The van der Waals surface area contributed by atoms with E-state index in [-0.39, 0.29) is 12.5 Å². The first-order valence-electron chi connectivity index (χ1n) is 8.11. The summed E-state index contributed by atoms with van der Waals surface area (Å²) in [6.07, 6.45) is 1.47. The topological polar surface area (TPSA) is 63.6 Å². The van der Waals surface area contributed by atoms with Crippen molar-refractivity contribution in [3.05, 3.63) is 70.4 Å². The summed E-state index contributed by atoms with van der Waals surface area (Å²) >= 11 is 6.15. The van der Waals surface area contributed by atoms with Gasteiger partial charge in [-0.3, -0.25) is 4.79 Å². The van der Waals surface area contributed by atoms with Crippen molar-refractivity contribution in [2.24, 2.45) is 5.10 Å². The molecule has 3 rings (SSSR count). The van der Waals surface area contributed by atoms with Gasteiger partial charge in [0.05, 0.1) is 11.7 Å². The van der Waals surface area contributed by atoms with Crippen LogP contribution in [0.3, 0.4) is 0 Å². The number of halogens is 1. The van der Waals surface area contributed by atoms with Gasteiger partial charge in [-0.15, -0.1) is 0 Å². The van der Waals surface area contributed by atoms with E-state index >= 15 is 0 Å². The molecule has 0 saturated carbocycles. The molecule has 0 aliphatic rings. The van der Waals surface area contributed by atoms with E-state index in [4.69, 9.17) is 16.3 Å². The number of hydrogen-bond donors (Lipinski definition) is 1. The van der Waals surface area contributed by atoms with E-state index in [0.29, 0.717) is 16.5 Å². The van der Waals surface area contributed by atoms with Crippen LogP contribution in [0.15, 0.2) is 53.6 Å². The largest absolute Gasteiger partial charge is 0.483 e. The molecular formula is C20H18ClN3O2. The van der Waals surface area contributed by atoms with Crippen molar-refractivity contribution in [2.45, 2.75) is 13.8 Å². The zero-order valence-electron chi connectivity index (χ0n) is 14.5. The second kappa shape index (κ2) is 7.97. The molecule has 0 spiro atoms. The van der Waals surface area contributed by atoms with Crippen LogP contribution in [0, 0.1) is 13.8 Å². The van der Waals surface area contributed by atoms with Gasteiger partial charge in [-0.25, -0.2) is 10.4 Å². The van der Waals surface area contributed by atoms with E-state index in [9.17, 15) is 4.79 Å². The van der Waals surface area contributed by atoms with Crippen molar-refractivity contribution >= 4 is 34.6 Å². The van der Waals surface area contributed by atoms with Crippen molar-refractivity contribution in [3.8, 4) is 5.75 Å². The van der Waals surface area contributed by atoms with Gasteiger partial charge < -0.3 is 4.74 Å². The minimum Gasteiger partial charge on any atom is -0.483 e. The van der Waals surface area contributed by atoms with Gasteiger partial charge in [0.15, 0.2) is 6.61 Å². The smallest absolute Gasteiger partial charge is 0.277 e. The zero-order valence-corrected chi connectivity index (χ0v) is 15.2. The van der Waals surface area contributed by atoms with Crippen LogP contribution in [-0.4, -0.2) is 23.7 Å². The number of nitrogens with one attached hydrogen (secondary N) is 1. The summed E-state index contributed by atoms with van der Waals surface area (Å²) in [6, 6.07) is 15.3. The van der Waals surface area contributed by atoms with Crippen molar-refractivity contribution < 1.29 is 9.53 Å². The van der Waals surface area contributed by atoms with Gasteiger partial charge in [-0.2, -0.15) is 5.10 Å². The number of para-hydroxylation sites is 2. The summed E-state index contributed by atoms with van der Waals surface area (Å²) in [5.41, 5.74) is 5.83. The Labute approximate surface area is 156 Å². The quantitative estimate of drug-likeness (QED) is 0.420. The lowest BCUT2D eigenvalue weighted by Crippen LogP contribution is -2.25. The lowest BCUT2D eigenvalue weighted by molar-refractivity contribution is -0.123. The van der Waals surface area contributed by atoms with Gasteiger partial charge >= 0.3 is 0 Å². The average Bonchev–Trinajstić information content (AvgIpc) is 2.61. The van der Waals surface area contributed by atoms with E-state index < -0.39 is 0 Å². The Morgan fingerprint density at radius 1 is 1.19 bits per heavy atom. The van der Waals surface area contributed by atoms with E-state index in [0.717, 1.165) is 22.0 Å². The molecule has 0 bridgehead atoms. The van der Waals surface area contributed by atoms with Crippen LogP contribution < -0.4 is 10.2 Å². The molecule has 1 amide bonds. The summed E-state index contributed by atoms with van der Waals surface area (Å²) in [7, 11) is 0. The fourth-order valence-corrected chi connectivity index (χ4v) is 2.76. The van der Waals surface area contributed by atoms with Crippen LogP contribution in [0.5, 0.6) is 5.75 Å². The zero-order chi connectivity index (χ0) is 18.5. The maximum Gasteiger partial charge on any atom is 0.277 e. The number of amides is 1. The van der Waals surface area contributed by atoms with Gasteiger partial charge in [-0.1, -0.05) is 48.0 Å². The van der Waals surface area contributed by atoms with Crippen molar-refractivity contribution in [3.63, 3.8) is 0 Å². The molecule has 5 nitrogen and oxygen atoms in total. The highest BCUT2D eigenvalue weighted by molar-refractivity contribution is 6.32. The first-order valence-corrected chi connectivity index (χ1v) is 8.48. The third-order valence-electron chi connectivity index (χ3n) is 3.85. The van der Waals surface area contributed by atoms with E-state index in [1.807, 2.05) is 62.4 Å². The molecule has 6 heteroatoms. The minimum absolute atomic E-state index is 0.118. The summed E-state index contributed by atoms with van der Waals surface area (Å²) in [6.45, 7) is 3.76. The van der Waals surface area contributed by atoms with E-state index in [1.54, 1.807) is 0 Å². The SMILES string of the molecule is Cc1cccc(C)c1OCC(=O)N/N=C/c1cc2ccccc2nc1Cl. The molecule has 132 valence electrons. The molecule has 1 aromatic heterocycles. The summed E-state index contributed by atoms with van der Waals surface area (Å²) in [5, 5.41) is 5.21. The average molecular weight is 368 g/mol. The standard InChI is InChI=1S/C20H18ClN3O2/c1-13-6-5-7-14(2)19(13)26-12-18(25)24-22-11-16-10-15-8-3-4-9-17(15)23-20(16)21/h3-11H,12H2,1-2H3,(H,24,25)/b22-11+. The maximum atomic E-state index is 11.9. The summed E-state index contributed by atoms with van der Waals surface area (Å²) in [5.74, 6) is 0.363. The normalized spacial score (nSPS) is 11.0. The third-order valence-corrected chi connectivity index (χ3v) is 4.16. The van der Waals surface area contributed by atoms with E-state index in [2.05, 4.69) is 15.5 Å². The van der Waals surface area contributed by atoms with Crippen LogP contribution in [0.4, 0.5) is 0 Å². The van der Waals surface area contributed by atoms with Gasteiger partial charge in [0.25, 0.3) is 5.91 Å². The lowest BCUT2D eigenvalue weighted by atomic mass is 10.1. The van der Waals surface area contributed by atoms with Gasteiger partial charge in [-0.05, 0) is 37.1 Å². The number of rotatable bonds is 5. The first-order chi connectivity index (χ1) is 12.5. The molecule has 1 N–H and O–H groups in total. The monoisotopic (exact) mass is 367 g/mol. The highest BCUT2D eigenvalue weighted by Gasteiger charge is 2.07. The predicted molar refractivity (Wildman–Crippen MR) is 104 cm³/mol. The lowest BCUT2D eigenvalue weighted by Gasteiger charge is -2.10. The number of benzene rings is 2. The fourth-order valence-electron chi connectivity index (χ4n) is 2.57. The number of fused-ring (bicyclic) bond motifs is 1. The van der Waals surface area contributed by atoms with Crippen molar-refractivity contribution in [2.75, 3.05) is 6.61 Å². The Hall–Kier alpha value is -2.92. The fraction of sp³-hybridized carbons (Fsp3) is 0.150. The number of aryl methyl sites for hydroxylation is 2. The second-order valence-corrected chi connectivity index (χ2v) is 6.22. The van der Waals surface area contributed by atoms with Crippen molar-refractivity contribution in [1.82, 2.24) is 10.4 Å². The van der Waals surface area contributed by atoms with Gasteiger partial charge in [0.2, 0.25) is 0 Å². The summed E-state index contributed by atoms with van der Waals surface area (Å²) in [4.78, 5) is 16.2. The number of hydrazone groups is 1. The first kappa shape index (κ1) is 17.9. The minimum atomic E-state index is -0.353. The number of pyridine rings is 1. The Balaban J connectivity index is 1.61. The molecule has 0 atom stereocenters. The number of aromatic nitrogens is 1. The molecule has 0 fully saturated rings. The number of carbonyl (C=O) groups excluding carboxylic acids is 1. The highest BCUT2D eigenvalue weighted by Crippen LogP contribution is 2.22. The number of hydrogen-bond acceptors (Lipinski definition) is 4. The van der Waals surface area contributed by atoms with Crippen LogP contribution in [-0.2, 0) is 4.79 Å². The molecule has 0 unspecified atom stereocenters. The highest BCUT2D eigenvalue weighted by atomic mass is 35.5. The van der Waals surface area contributed by atoms with Crippen LogP contribution in [0.2, 0.25) is 5.15 Å². The Bertz CT molecular complexity index is 966. The Morgan fingerprint density at radius 2 is 1.92 bits per heavy atom. The molecule has 0 aliphatic heterocycles. The van der Waals surface area contributed by atoms with E-state index in [1.165, 1.54) is 6.21 Å². The van der Waals surface area contributed by atoms with Crippen LogP contribution >= 0.6 is 11.6 Å². The molecule has 0 aliphatic carbocycles. The molecule has 26 heavy (non-hydrogen) atoms. The summed E-state index contributed by atoms with van der Waals surface area (Å²) < 4.78 is 5.59. The molecule has 3 aromatic rings. The number of nitrogens with zero attached hydrogens (tertiary/aromatic N) is 2. The molecule has 0 saturated heterocycles. The molecular weight excluding hydrogens is 350 g/mol. The Kier molecular flexibility index (Phi) is 5.49. The van der Waals surface area contributed by atoms with Crippen molar-refractivity contribution in [1.29, 1.82) is 0 Å². The Morgan fingerprint density at radius 3 is 2.69 bits per heavy atom. The van der Waals surface area contributed by atoms with Gasteiger partial charge in [0.1, 0.15) is 10.9 Å². The predicted octanol–water partition coefficient (Wildman–Crippen LogP) is 4.03. The van der Waals surface area contributed by atoms with Crippen LogP contribution in [0.25, 0.3) is 10.9 Å². The molecule has 0 radical (unpaired) electrons. The molecule has 2 aromatic carbocycles. The second-order valence-electron chi connectivity index (χ2n) is 5.86. The number of ether oxygens (including phenoxy) is 1. The molecule has 1 heterocycles. The van der Waals surface area contributed by atoms with Crippen LogP contribution in [0.1, 0.15) is 16.7 Å². The maximum absolute atomic E-state index is 11.9. The third kappa shape index (κ3) is 4.18. The van der Waals surface area contributed by atoms with Gasteiger partial charge in [0, 0.05) is 10.9 Å².